The van der Waals surface area contributed by atoms with Crippen LogP contribution in [0.25, 0.3) is 0 Å². The van der Waals surface area contributed by atoms with E-state index in [1.807, 2.05) is 6.07 Å². The van der Waals surface area contributed by atoms with Crippen molar-refractivity contribution < 1.29 is 4.79 Å². The predicted molar refractivity (Wildman–Crippen MR) is 52.4 cm³/mol. The summed E-state index contributed by atoms with van der Waals surface area (Å²) in [6.07, 6.45) is 3.18. The minimum Gasteiger partial charge on any atom is -0.298 e. The molecule has 1 rings (SSSR count). The molecule has 72 valence electrons. The third kappa shape index (κ3) is 2.17. The standard InChI is InChI=1S/C11H12N2O/c1-8(2)11(14)10(7-12)9-3-5-13-6-4-9/h3-6,8,10H,1-2H3. The molecule has 14 heavy (non-hydrogen) atoms. The smallest absolute Gasteiger partial charge is 0.156 e. The topological polar surface area (TPSA) is 53.8 Å². The fourth-order valence-electron chi connectivity index (χ4n) is 1.19. The number of aromatic nitrogens is 1. The molecule has 0 radical (unpaired) electrons. The molecule has 0 bridgehead atoms. The van der Waals surface area contributed by atoms with Gasteiger partial charge in [-0.25, -0.2) is 0 Å². The molecule has 0 saturated heterocycles. The minimum absolute atomic E-state index is 0.0429. The normalized spacial score (nSPS) is 12.1. The molecule has 3 heteroatoms. The van der Waals surface area contributed by atoms with Crippen LogP contribution in [0.15, 0.2) is 24.5 Å². The molecule has 1 unspecified atom stereocenters. The third-order valence-electron chi connectivity index (χ3n) is 2.02. The highest BCUT2D eigenvalue weighted by molar-refractivity contribution is 5.89. The highest BCUT2D eigenvalue weighted by Gasteiger charge is 2.22. The molecule has 1 aromatic rings. The summed E-state index contributed by atoms with van der Waals surface area (Å²) in [6, 6.07) is 5.43. The van der Waals surface area contributed by atoms with Crippen LogP contribution in [0.1, 0.15) is 25.3 Å². The maximum absolute atomic E-state index is 11.6. The number of pyridine rings is 1. The molecular formula is C11H12N2O. The summed E-state index contributed by atoms with van der Waals surface area (Å²) in [4.78, 5) is 15.5. The molecule has 0 fully saturated rings. The predicted octanol–water partition coefficient (Wildman–Crippen LogP) is 1.91. The molecule has 1 aromatic heterocycles. The van der Waals surface area contributed by atoms with Crippen LogP contribution in [0.4, 0.5) is 0 Å². The Balaban J connectivity index is 2.96. The molecule has 0 aliphatic carbocycles. The van der Waals surface area contributed by atoms with Gasteiger partial charge in [-0.3, -0.25) is 9.78 Å². The molecule has 0 aliphatic rings. The second kappa shape index (κ2) is 4.52. The van der Waals surface area contributed by atoms with Crippen molar-refractivity contribution in [3.05, 3.63) is 30.1 Å². The van der Waals surface area contributed by atoms with Gasteiger partial charge in [0.1, 0.15) is 5.92 Å². The summed E-state index contributed by atoms with van der Waals surface area (Å²) >= 11 is 0. The van der Waals surface area contributed by atoms with Crippen molar-refractivity contribution >= 4 is 5.78 Å². The van der Waals surface area contributed by atoms with Gasteiger partial charge in [-0.2, -0.15) is 5.26 Å². The SMILES string of the molecule is CC(C)C(=O)C(C#N)c1ccncc1. The first-order chi connectivity index (χ1) is 6.66. The van der Waals surface area contributed by atoms with Crippen LogP contribution in [0.3, 0.4) is 0 Å². The van der Waals surface area contributed by atoms with E-state index in [4.69, 9.17) is 5.26 Å². The molecule has 0 amide bonds. The Morgan fingerprint density at radius 2 is 2.00 bits per heavy atom. The van der Waals surface area contributed by atoms with Gasteiger partial charge in [0.25, 0.3) is 0 Å². The van der Waals surface area contributed by atoms with Crippen molar-refractivity contribution in [2.45, 2.75) is 19.8 Å². The Morgan fingerprint density at radius 1 is 1.43 bits per heavy atom. The van der Waals surface area contributed by atoms with Gasteiger partial charge in [0.2, 0.25) is 0 Å². The summed E-state index contributed by atoms with van der Waals surface area (Å²) < 4.78 is 0. The molecule has 1 heterocycles. The van der Waals surface area contributed by atoms with E-state index in [9.17, 15) is 4.79 Å². The number of nitrogens with zero attached hydrogens (tertiary/aromatic N) is 2. The minimum atomic E-state index is -0.655. The van der Waals surface area contributed by atoms with Crippen LogP contribution in [0, 0.1) is 17.2 Å². The molecule has 0 spiro atoms. The molecular weight excluding hydrogens is 176 g/mol. The first-order valence-corrected chi connectivity index (χ1v) is 4.50. The zero-order valence-corrected chi connectivity index (χ0v) is 8.27. The largest absolute Gasteiger partial charge is 0.298 e. The molecule has 0 N–H and O–H groups in total. The molecule has 3 nitrogen and oxygen atoms in total. The highest BCUT2D eigenvalue weighted by Crippen LogP contribution is 2.18. The zero-order chi connectivity index (χ0) is 10.6. The van der Waals surface area contributed by atoms with Crippen LogP contribution >= 0.6 is 0 Å². The Morgan fingerprint density at radius 3 is 2.43 bits per heavy atom. The lowest BCUT2D eigenvalue weighted by molar-refractivity contribution is -0.122. The van der Waals surface area contributed by atoms with Gasteiger partial charge >= 0.3 is 0 Å². The van der Waals surface area contributed by atoms with Crippen molar-refractivity contribution in [1.29, 1.82) is 5.26 Å². The van der Waals surface area contributed by atoms with Crippen LogP contribution in [0.5, 0.6) is 0 Å². The number of carbonyl (C=O) groups excluding carboxylic acids is 1. The van der Waals surface area contributed by atoms with Gasteiger partial charge in [0.05, 0.1) is 6.07 Å². The van der Waals surface area contributed by atoms with E-state index in [-0.39, 0.29) is 11.7 Å². The quantitative estimate of drug-likeness (QED) is 0.728. The van der Waals surface area contributed by atoms with Crippen LogP contribution < -0.4 is 0 Å². The summed E-state index contributed by atoms with van der Waals surface area (Å²) in [5.41, 5.74) is 0.723. The Hall–Kier alpha value is -1.69. The third-order valence-corrected chi connectivity index (χ3v) is 2.02. The fourth-order valence-corrected chi connectivity index (χ4v) is 1.19. The maximum Gasteiger partial charge on any atom is 0.156 e. The van der Waals surface area contributed by atoms with Crippen molar-refractivity contribution in [2.24, 2.45) is 5.92 Å². The second-order valence-electron chi connectivity index (χ2n) is 3.40. The van der Waals surface area contributed by atoms with E-state index in [0.717, 1.165) is 5.56 Å². The lowest BCUT2D eigenvalue weighted by Crippen LogP contribution is -2.16. The van der Waals surface area contributed by atoms with E-state index in [2.05, 4.69) is 4.98 Å². The number of rotatable bonds is 3. The number of carbonyl (C=O) groups is 1. The van der Waals surface area contributed by atoms with E-state index in [0.29, 0.717) is 0 Å². The Bertz CT molecular complexity index is 351. The van der Waals surface area contributed by atoms with Crippen LogP contribution in [-0.2, 0) is 4.79 Å². The Labute approximate surface area is 83.4 Å². The van der Waals surface area contributed by atoms with Crippen molar-refractivity contribution in [3.63, 3.8) is 0 Å². The number of hydrogen-bond acceptors (Lipinski definition) is 3. The average molecular weight is 188 g/mol. The molecule has 0 saturated carbocycles. The number of nitriles is 1. The van der Waals surface area contributed by atoms with Gasteiger partial charge in [-0.1, -0.05) is 13.8 Å². The van der Waals surface area contributed by atoms with Gasteiger partial charge in [0, 0.05) is 18.3 Å². The van der Waals surface area contributed by atoms with E-state index < -0.39 is 5.92 Å². The van der Waals surface area contributed by atoms with Crippen molar-refractivity contribution in [2.75, 3.05) is 0 Å². The maximum atomic E-state index is 11.6. The summed E-state index contributed by atoms with van der Waals surface area (Å²) in [5, 5.41) is 8.91. The van der Waals surface area contributed by atoms with Gasteiger partial charge in [0.15, 0.2) is 5.78 Å². The van der Waals surface area contributed by atoms with E-state index >= 15 is 0 Å². The molecule has 0 aromatic carbocycles. The van der Waals surface area contributed by atoms with Crippen molar-refractivity contribution in [1.82, 2.24) is 4.98 Å². The Kier molecular flexibility index (Phi) is 3.35. The van der Waals surface area contributed by atoms with Gasteiger partial charge in [-0.15, -0.1) is 0 Å². The molecule has 1 atom stereocenters. The van der Waals surface area contributed by atoms with E-state index in [1.54, 1.807) is 38.4 Å². The number of ketones is 1. The van der Waals surface area contributed by atoms with Crippen LogP contribution in [0.2, 0.25) is 0 Å². The number of hydrogen-bond donors (Lipinski definition) is 0. The van der Waals surface area contributed by atoms with Gasteiger partial charge < -0.3 is 0 Å². The lowest BCUT2D eigenvalue weighted by Gasteiger charge is -2.10. The first kappa shape index (κ1) is 10.4. The highest BCUT2D eigenvalue weighted by atomic mass is 16.1. The first-order valence-electron chi connectivity index (χ1n) is 4.50. The summed E-state index contributed by atoms with van der Waals surface area (Å²) in [5.74, 6) is -0.815. The lowest BCUT2D eigenvalue weighted by atomic mass is 9.91. The number of Topliss-reactive ketones (excluding diaryl/α,β-unsaturated/α-hetero) is 1. The monoisotopic (exact) mass is 188 g/mol. The zero-order valence-electron chi connectivity index (χ0n) is 8.27. The second-order valence-corrected chi connectivity index (χ2v) is 3.40. The molecule has 0 aliphatic heterocycles. The van der Waals surface area contributed by atoms with E-state index in [1.165, 1.54) is 0 Å². The van der Waals surface area contributed by atoms with Crippen LogP contribution in [-0.4, -0.2) is 10.8 Å². The van der Waals surface area contributed by atoms with Gasteiger partial charge in [-0.05, 0) is 17.7 Å². The fraction of sp³-hybridized carbons (Fsp3) is 0.364. The summed E-state index contributed by atoms with van der Waals surface area (Å²) in [6.45, 7) is 3.60. The summed E-state index contributed by atoms with van der Waals surface area (Å²) in [7, 11) is 0. The van der Waals surface area contributed by atoms with Crippen molar-refractivity contribution in [3.8, 4) is 6.07 Å². The average Bonchev–Trinajstić information content (AvgIpc) is 2.20.